The highest BCUT2D eigenvalue weighted by molar-refractivity contribution is 6.29. The smallest absolute Gasteiger partial charge is 0.134 e. The van der Waals surface area contributed by atoms with Crippen molar-refractivity contribution >= 4 is 17.4 Å². The van der Waals surface area contributed by atoms with Gasteiger partial charge in [-0.1, -0.05) is 11.6 Å². The lowest BCUT2D eigenvalue weighted by molar-refractivity contribution is 0.411. The van der Waals surface area contributed by atoms with Crippen LogP contribution in [0.15, 0.2) is 12.4 Å². The molecular weight excluding hydrogens is 210 g/mol. The molecule has 15 heavy (non-hydrogen) atoms. The van der Waals surface area contributed by atoms with Crippen molar-refractivity contribution in [3.63, 3.8) is 0 Å². The van der Waals surface area contributed by atoms with Gasteiger partial charge in [0, 0.05) is 18.2 Å². The van der Waals surface area contributed by atoms with Gasteiger partial charge in [0.1, 0.15) is 17.3 Å². The highest BCUT2D eigenvalue weighted by Crippen LogP contribution is 2.28. The fourth-order valence-electron chi connectivity index (χ4n) is 2.34. The molecule has 3 nitrogen and oxygen atoms in total. The van der Waals surface area contributed by atoms with Crippen molar-refractivity contribution in [2.45, 2.75) is 45.2 Å². The average Bonchev–Trinajstić information content (AvgIpc) is 2.17. The Morgan fingerprint density at radius 1 is 1.27 bits per heavy atom. The van der Waals surface area contributed by atoms with Crippen molar-refractivity contribution in [3.05, 3.63) is 17.5 Å². The van der Waals surface area contributed by atoms with Gasteiger partial charge in [0.25, 0.3) is 0 Å². The highest BCUT2D eigenvalue weighted by atomic mass is 35.5. The SMILES string of the molecule is C[C@@H]1CCC[C@@H](C)N1c1cc(Cl)ncn1. The first-order valence-corrected chi connectivity index (χ1v) is 5.82. The van der Waals surface area contributed by atoms with Gasteiger partial charge in [0.2, 0.25) is 0 Å². The zero-order valence-corrected chi connectivity index (χ0v) is 9.91. The van der Waals surface area contributed by atoms with Crippen LogP contribution in [-0.2, 0) is 0 Å². The second kappa shape index (κ2) is 4.35. The Balaban J connectivity index is 2.27. The molecule has 4 heteroatoms. The summed E-state index contributed by atoms with van der Waals surface area (Å²) in [5.41, 5.74) is 0. The third-order valence-electron chi connectivity index (χ3n) is 3.08. The minimum Gasteiger partial charge on any atom is -0.351 e. The molecule has 0 radical (unpaired) electrons. The molecule has 82 valence electrons. The molecule has 1 aromatic heterocycles. The maximum absolute atomic E-state index is 5.88. The fraction of sp³-hybridized carbons (Fsp3) is 0.636. The number of anilines is 1. The summed E-state index contributed by atoms with van der Waals surface area (Å²) in [5, 5.41) is 0.518. The number of rotatable bonds is 1. The van der Waals surface area contributed by atoms with Gasteiger partial charge in [-0.2, -0.15) is 0 Å². The van der Waals surface area contributed by atoms with Crippen LogP contribution in [0.3, 0.4) is 0 Å². The molecule has 0 unspecified atom stereocenters. The molecule has 0 N–H and O–H groups in total. The van der Waals surface area contributed by atoms with Crippen LogP contribution >= 0.6 is 11.6 Å². The monoisotopic (exact) mass is 225 g/mol. The van der Waals surface area contributed by atoms with Gasteiger partial charge in [-0.25, -0.2) is 9.97 Å². The van der Waals surface area contributed by atoms with Crippen molar-refractivity contribution in [1.82, 2.24) is 9.97 Å². The van der Waals surface area contributed by atoms with E-state index in [9.17, 15) is 0 Å². The van der Waals surface area contributed by atoms with E-state index in [2.05, 4.69) is 28.7 Å². The number of aromatic nitrogens is 2. The van der Waals surface area contributed by atoms with Crippen LogP contribution < -0.4 is 4.90 Å². The van der Waals surface area contributed by atoms with Gasteiger partial charge in [-0.05, 0) is 33.1 Å². The van der Waals surface area contributed by atoms with Gasteiger partial charge >= 0.3 is 0 Å². The largest absolute Gasteiger partial charge is 0.351 e. The molecule has 0 amide bonds. The number of nitrogens with zero attached hydrogens (tertiary/aromatic N) is 3. The van der Waals surface area contributed by atoms with E-state index in [1.54, 1.807) is 0 Å². The topological polar surface area (TPSA) is 29.0 Å². The van der Waals surface area contributed by atoms with Crippen LogP contribution in [0.1, 0.15) is 33.1 Å². The van der Waals surface area contributed by atoms with Gasteiger partial charge in [-0.3, -0.25) is 0 Å². The van der Waals surface area contributed by atoms with E-state index in [1.165, 1.54) is 25.6 Å². The summed E-state index contributed by atoms with van der Waals surface area (Å²) < 4.78 is 0. The Morgan fingerprint density at radius 2 is 1.93 bits per heavy atom. The quantitative estimate of drug-likeness (QED) is 0.689. The van der Waals surface area contributed by atoms with Gasteiger partial charge in [0.05, 0.1) is 0 Å². The molecule has 2 atom stereocenters. The van der Waals surface area contributed by atoms with E-state index < -0.39 is 0 Å². The molecule has 2 heterocycles. The summed E-state index contributed by atoms with van der Waals surface area (Å²) in [6.45, 7) is 4.48. The van der Waals surface area contributed by atoms with Crippen LogP contribution in [0.5, 0.6) is 0 Å². The second-order valence-corrected chi connectivity index (χ2v) is 4.62. The van der Waals surface area contributed by atoms with E-state index in [0.29, 0.717) is 17.2 Å². The lowest BCUT2D eigenvalue weighted by Crippen LogP contribution is -2.44. The van der Waals surface area contributed by atoms with Gasteiger partial charge in [-0.15, -0.1) is 0 Å². The highest BCUT2D eigenvalue weighted by Gasteiger charge is 2.25. The molecule has 0 spiro atoms. The molecule has 1 aromatic rings. The summed E-state index contributed by atoms with van der Waals surface area (Å²) in [4.78, 5) is 10.6. The van der Waals surface area contributed by atoms with Crippen LogP contribution in [-0.4, -0.2) is 22.1 Å². The summed E-state index contributed by atoms with van der Waals surface area (Å²) in [5.74, 6) is 0.953. The lowest BCUT2D eigenvalue weighted by Gasteiger charge is -2.39. The third-order valence-corrected chi connectivity index (χ3v) is 3.28. The first kappa shape index (κ1) is 10.7. The van der Waals surface area contributed by atoms with Crippen LogP contribution in [0.25, 0.3) is 0 Å². The molecule has 0 aromatic carbocycles. The summed E-state index contributed by atoms with van der Waals surface area (Å²) in [6, 6.07) is 2.93. The van der Waals surface area contributed by atoms with E-state index in [0.717, 1.165) is 5.82 Å². The van der Waals surface area contributed by atoms with Crippen molar-refractivity contribution in [2.24, 2.45) is 0 Å². The molecule has 0 aliphatic carbocycles. The van der Waals surface area contributed by atoms with E-state index in [-0.39, 0.29) is 0 Å². The molecule has 1 aliphatic rings. The summed E-state index contributed by atoms with van der Waals surface area (Å²) in [6.07, 6.45) is 5.29. The molecule has 1 fully saturated rings. The minimum absolute atomic E-state index is 0.518. The standard InChI is InChI=1S/C11H16ClN3/c1-8-4-3-5-9(2)15(8)11-6-10(12)13-7-14-11/h6-9H,3-5H2,1-2H3/t8-,9-/m1/s1. The first-order valence-electron chi connectivity index (χ1n) is 5.44. The minimum atomic E-state index is 0.518. The van der Waals surface area contributed by atoms with Crippen LogP contribution in [0, 0.1) is 0 Å². The van der Waals surface area contributed by atoms with Gasteiger partial charge < -0.3 is 4.90 Å². The number of piperidine rings is 1. The normalized spacial score (nSPS) is 26.7. The van der Waals surface area contributed by atoms with Crippen molar-refractivity contribution < 1.29 is 0 Å². The first-order chi connectivity index (χ1) is 7.18. The maximum Gasteiger partial charge on any atom is 0.134 e. The van der Waals surface area contributed by atoms with E-state index in [4.69, 9.17) is 11.6 Å². The lowest BCUT2D eigenvalue weighted by atomic mass is 9.98. The predicted molar refractivity (Wildman–Crippen MR) is 62.3 cm³/mol. The Bertz CT molecular complexity index is 332. The fourth-order valence-corrected chi connectivity index (χ4v) is 2.48. The molecule has 1 aliphatic heterocycles. The van der Waals surface area contributed by atoms with E-state index >= 15 is 0 Å². The van der Waals surface area contributed by atoms with Crippen molar-refractivity contribution in [2.75, 3.05) is 4.90 Å². The van der Waals surface area contributed by atoms with E-state index in [1.807, 2.05) is 6.07 Å². The third kappa shape index (κ3) is 2.23. The Labute approximate surface area is 95.5 Å². The number of hydrogen-bond acceptors (Lipinski definition) is 3. The zero-order chi connectivity index (χ0) is 10.8. The average molecular weight is 226 g/mol. The van der Waals surface area contributed by atoms with Crippen LogP contribution in [0.2, 0.25) is 5.15 Å². The molecule has 0 bridgehead atoms. The molecule has 2 rings (SSSR count). The zero-order valence-electron chi connectivity index (χ0n) is 9.15. The maximum atomic E-state index is 5.88. The van der Waals surface area contributed by atoms with Crippen molar-refractivity contribution in [1.29, 1.82) is 0 Å². The Morgan fingerprint density at radius 3 is 2.53 bits per heavy atom. The van der Waals surface area contributed by atoms with Crippen molar-refractivity contribution in [3.8, 4) is 0 Å². The second-order valence-electron chi connectivity index (χ2n) is 4.24. The number of halogens is 1. The molecular formula is C11H16ClN3. The Kier molecular flexibility index (Phi) is 3.10. The molecule has 0 saturated carbocycles. The summed E-state index contributed by atoms with van der Waals surface area (Å²) in [7, 11) is 0. The Hall–Kier alpha value is -0.830. The molecule has 1 saturated heterocycles. The number of hydrogen-bond donors (Lipinski definition) is 0. The summed E-state index contributed by atoms with van der Waals surface area (Å²) >= 11 is 5.88. The predicted octanol–water partition coefficient (Wildman–Crippen LogP) is 2.90. The van der Waals surface area contributed by atoms with Crippen LogP contribution in [0.4, 0.5) is 5.82 Å². The van der Waals surface area contributed by atoms with Gasteiger partial charge in [0.15, 0.2) is 0 Å².